The summed E-state index contributed by atoms with van der Waals surface area (Å²) in [5.74, 6) is -1.66. The molecule has 0 amide bonds. The predicted octanol–water partition coefficient (Wildman–Crippen LogP) is 1.95. The second-order valence-electron chi connectivity index (χ2n) is 8.15. The van der Waals surface area contributed by atoms with E-state index in [-0.39, 0.29) is 34.5 Å². The van der Waals surface area contributed by atoms with E-state index in [1.807, 2.05) is 23.9 Å². The Kier molecular flexibility index (Phi) is 5.42. The second-order valence-corrected chi connectivity index (χ2v) is 8.15. The summed E-state index contributed by atoms with van der Waals surface area (Å²) >= 11 is 0. The number of anilines is 1. The zero-order valence-electron chi connectivity index (χ0n) is 17.4. The number of halogens is 1. The molecule has 2 aliphatic rings. The van der Waals surface area contributed by atoms with Crippen LogP contribution in [0.1, 0.15) is 29.2 Å². The Bertz CT molecular complexity index is 1050. The van der Waals surface area contributed by atoms with Crippen molar-refractivity contribution in [2.24, 2.45) is 0 Å². The summed E-state index contributed by atoms with van der Waals surface area (Å²) < 4.78 is 28.5. The number of carbonyl (C=O) groups is 1. The van der Waals surface area contributed by atoms with Crippen LogP contribution >= 0.6 is 0 Å². The zero-order valence-corrected chi connectivity index (χ0v) is 17.4. The number of methoxy groups -OCH3 is 1. The maximum atomic E-state index is 15.3. The van der Waals surface area contributed by atoms with E-state index in [1.54, 1.807) is 4.57 Å². The number of benzene rings is 1. The third-order valence-electron chi connectivity index (χ3n) is 5.60. The normalized spacial score (nSPS) is 19.5. The van der Waals surface area contributed by atoms with Crippen LogP contribution in [0.4, 0.5) is 10.1 Å². The molecule has 4 rings (SSSR count). The van der Waals surface area contributed by atoms with Crippen LogP contribution in [-0.4, -0.2) is 74.1 Å². The maximum Gasteiger partial charge on any atom is 0.341 e. The van der Waals surface area contributed by atoms with Gasteiger partial charge >= 0.3 is 5.97 Å². The van der Waals surface area contributed by atoms with Crippen molar-refractivity contribution in [2.75, 3.05) is 52.3 Å². The molecular formula is C21H26FN3O5. The number of hydrogen-bond acceptors (Lipinski definition) is 6. The van der Waals surface area contributed by atoms with Gasteiger partial charge in [-0.1, -0.05) is 0 Å². The van der Waals surface area contributed by atoms with Crippen LogP contribution in [0.25, 0.3) is 10.9 Å². The fraction of sp³-hybridized carbons (Fsp3) is 0.524. The Hall–Kier alpha value is -2.65. The first-order valence-electron chi connectivity index (χ1n) is 10.0. The molecule has 1 N–H and O–H groups in total. The molecule has 1 aromatic carbocycles. The highest BCUT2D eigenvalue weighted by atomic mass is 19.1. The molecule has 2 heterocycles. The summed E-state index contributed by atoms with van der Waals surface area (Å²) in [5, 5.41) is 9.47. The molecule has 1 aliphatic carbocycles. The van der Waals surface area contributed by atoms with Crippen LogP contribution in [0.15, 0.2) is 17.1 Å². The molecule has 1 saturated heterocycles. The minimum absolute atomic E-state index is 0.0259. The molecule has 0 radical (unpaired) electrons. The lowest BCUT2D eigenvalue weighted by Crippen LogP contribution is -2.47. The highest BCUT2D eigenvalue weighted by molar-refractivity contribution is 5.97. The van der Waals surface area contributed by atoms with E-state index in [4.69, 9.17) is 9.47 Å². The molecule has 9 heteroatoms. The molecule has 0 bridgehead atoms. The summed E-state index contributed by atoms with van der Waals surface area (Å²) in [5.41, 5.74) is -0.331. The number of aromatic nitrogens is 1. The van der Waals surface area contributed by atoms with Gasteiger partial charge in [0, 0.05) is 31.9 Å². The van der Waals surface area contributed by atoms with Gasteiger partial charge in [-0.15, -0.1) is 0 Å². The topological polar surface area (TPSA) is 84.2 Å². The SMILES string of the molecule is COc1c(N2CCO[C@H](CN(C)C)C2)c(F)cc2c(=O)c(C(=O)O)cn(C3CC3)c12. The third kappa shape index (κ3) is 3.63. The van der Waals surface area contributed by atoms with Crippen LogP contribution in [0.3, 0.4) is 0 Å². The second kappa shape index (κ2) is 7.88. The number of likely N-dealkylation sites (N-methyl/N-ethyl adjacent to an activating group) is 1. The Morgan fingerprint density at radius 1 is 1.40 bits per heavy atom. The number of ether oxygens (including phenoxy) is 2. The van der Waals surface area contributed by atoms with Crippen molar-refractivity contribution in [3.05, 3.63) is 33.9 Å². The van der Waals surface area contributed by atoms with Gasteiger partial charge in [0.05, 0.1) is 30.7 Å². The summed E-state index contributed by atoms with van der Waals surface area (Å²) in [7, 11) is 5.35. The minimum Gasteiger partial charge on any atom is -0.492 e. The van der Waals surface area contributed by atoms with Gasteiger partial charge in [0.25, 0.3) is 0 Å². The van der Waals surface area contributed by atoms with Gasteiger partial charge in [0.2, 0.25) is 5.43 Å². The lowest BCUT2D eigenvalue weighted by Gasteiger charge is -2.36. The zero-order chi connectivity index (χ0) is 21.6. The van der Waals surface area contributed by atoms with Gasteiger partial charge in [-0.2, -0.15) is 0 Å². The fourth-order valence-electron chi connectivity index (χ4n) is 4.16. The van der Waals surface area contributed by atoms with Gasteiger partial charge in [0.1, 0.15) is 11.3 Å². The third-order valence-corrected chi connectivity index (χ3v) is 5.60. The number of nitrogens with zero attached hydrogens (tertiary/aromatic N) is 3. The monoisotopic (exact) mass is 419 g/mol. The maximum absolute atomic E-state index is 15.3. The van der Waals surface area contributed by atoms with Crippen LogP contribution in [0.5, 0.6) is 5.75 Å². The summed E-state index contributed by atoms with van der Waals surface area (Å²) in [4.78, 5) is 28.3. The van der Waals surface area contributed by atoms with Gasteiger partial charge < -0.3 is 28.9 Å². The van der Waals surface area contributed by atoms with E-state index < -0.39 is 17.2 Å². The molecule has 0 spiro atoms. The van der Waals surface area contributed by atoms with Crippen molar-refractivity contribution < 1.29 is 23.8 Å². The average Bonchev–Trinajstić information content (AvgIpc) is 3.52. The Morgan fingerprint density at radius 2 is 2.13 bits per heavy atom. The first-order valence-corrected chi connectivity index (χ1v) is 10.0. The molecule has 1 aromatic heterocycles. The Labute approximate surface area is 173 Å². The number of rotatable bonds is 6. The van der Waals surface area contributed by atoms with Gasteiger partial charge in [-0.25, -0.2) is 9.18 Å². The van der Waals surface area contributed by atoms with E-state index in [2.05, 4.69) is 0 Å². The van der Waals surface area contributed by atoms with E-state index in [0.717, 1.165) is 18.9 Å². The van der Waals surface area contributed by atoms with E-state index in [1.165, 1.54) is 13.3 Å². The van der Waals surface area contributed by atoms with Crippen molar-refractivity contribution in [1.82, 2.24) is 9.47 Å². The van der Waals surface area contributed by atoms with Crippen molar-refractivity contribution in [1.29, 1.82) is 0 Å². The molecule has 2 fully saturated rings. The predicted molar refractivity (Wildman–Crippen MR) is 110 cm³/mol. The van der Waals surface area contributed by atoms with Crippen LogP contribution in [0.2, 0.25) is 0 Å². The van der Waals surface area contributed by atoms with Crippen molar-refractivity contribution in [3.8, 4) is 5.75 Å². The molecule has 162 valence electrons. The number of fused-ring (bicyclic) bond motifs is 1. The van der Waals surface area contributed by atoms with Crippen molar-refractivity contribution in [3.63, 3.8) is 0 Å². The first kappa shape index (κ1) is 20.6. The summed E-state index contributed by atoms with van der Waals surface area (Å²) in [6.07, 6.45) is 3.02. The molecule has 1 aliphatic heterocycles. The number of morpholine rings is 1. The number of hydrogen-bond donors (Lipinski definition) is 1. The van der Waals surface area contributed by atoms with E-state index in [0.29, 0.717) is 31.8 Å². The van der Waals surface area contributed by atoms with Crippen LogP contribution in [0, 0.1) is 5.82 Å². The van der Waals surface area contributed by atoms with E-state index >= 15 is 4.39 Å². The largest absolute Gasteiger partial charge is 0.492 e. The molecule has 8 nitrogen and oxygen atoms in total. The van der Waals surface area contributed by atoms with Crippen LogP contribution in [-0.2, 0) is 4.74 Å². The highest BCUT2D eigenvalue weighted by Gasteiger charge is 2.32. The molecule has 30 heavy (non-hydrogen) atoms. The van der Waals surface area contributed by atoms with E-state index in [9.17, 15) is 14.7 Å². The lowest BCUT2D eigenvalue weighted by molar-refractivity contribution is 0.0245. The number of pyridine rings is 1. The van der Waals surface area contributed by atoms with Crippen LogP contribution < -0.4 is 15.1 Å². The highest BCUT2D eigenvalue weighted by Crippen LogP contribution is 2.43. The van der Waals surface area contributed by atoms with Gasteiger partial charge in [-0.05, 0) is 33.0 Å². The summed E-state index contributed by atoms with van der Waals surface area (Å²) in [6, 6.07) is 1.22. The molecular weight excluding hydrogens is 393 g/mol. The minimum atomic E-state index is -1.32. The molecule has 1 atom stereocenters. The first-order chi connectivity index (χ1) is 14.3. The van der Waals surface area contributed by atoms with Gasteiger partial charge in [-0.3, -0.25) is 4.79 Å². The molecule has 2 aromatic rings. The quantitative estimate of drug-likeness (QED) is 0.766. The van der Waals surface area contributed by atoms with Crippen molar-refractivity contribution >= 4 is 22.6 Å². The molecule has 0 unspecified atom stereocenters. The lowest BCUT2D eigenvalue weighted by atomic mass is 10.1. The standard InChI is InChI=1S/C21H26FN3O5/c1-23(2)9-13-10-24(6-7-30-13)18-16(22)8-14-17(20(18)29-3)25(12-4-5-12)11-15(19(14)26)21(27)28/h8,11-13H,4-7,9-10H2,1-3H3,(H,27,28)/t13-/m1/s1. The average molecular weight is 419 g/mol. The molecule has 1 saturated carbocycles. The smallest absolute Gasteiger partial charge is 0.341 e. The number of carboxylic acids is 1. The van der Waals surface area contributed by atoms with Crippen molar-refractivity contribution in [2.45, 2.75) is 25.0 Å². The Balaban J connectivity index is 1.90. The fourth-order valence-corrected chi connectivity index (χ4v) is 4.16. The number of carboxylic acid groups (broad SMARTS) is 1. The number of aromatic carboxylic acids is 1. The van der Waals surface area contributed by atoms with Gasteiger partial charge in [0.15, 0.2) is 11.6 Å². The Morgan fingerprint density at radius 3 is 2.73 bits per heavy atom. The summed E-state index contributed by atoms with van der Waals surface area (Å²) in [6.45, 7) is 2.12.